The number of nitrogens with one attached hydrogen (secondary N) is 2. The first kappa shape index (κ1) is 17.3. The van der Waals surface area contributed by atoms with Gasteiger partial charge in [0.1, 0.15) is 11.6 Å². The van der Waals surface area contributed by atoms with E-state index in [1.807, 2.05) is 0 Å². The Morgan fingerprint density at radius 3 is 2.42 bits per heavy atom. The third-order valence-corrected chi connectivity index (χ3v) is 2.81. The van der Waals surface area contributed by atoms with Crippen LogP contribution in [-0.2, 0) is 4.79 Å². The van der Waals surface area contributed by atoms with Crippen LogP contribution in [0.2, 0.25) is 0 Å². The fourth-order valence-electron chi connectivity index (χ4n) is 1.70. The molecule has 2 N–H and O–H groups in total. The summed E-state index contributed by atoms with van der Waals surface area (Å²) < 4.78 is 41.0. The van der Waals surface area contributed by atoms with Gasteiger partial charge in [-0.3, -0.25) is 4.79 Å². The summed E-state index contributed by atoms with van der Waals surface area (Å²) in [7, 11) is 0. The molecule has 0 radical (unpaired) electrons. The number of nitrogens with zero attached hydrogens (tertiary/aromatic N) is 1. The Kier molecular flexibility index (Phi) is 6.18. The smallest absolute Gasteiger partial charge is 0.387 e. The molecule has 0 unspecified atom stereocenters. The lowest BCUT2D eigenvalue weighted by atomic mass is 10.2. The van der Waals surface area contributed by atoms with Crippen molar-refractivity contribution >= 4 is 17.8 Å². The zero-order chi connectivity index (χ0) is 17.4. The highest BCUT2D eigenvalue weighted by Crippen LogP contribution is 2.13. The lowest BCUT2D eigenvalue weighted by molar-refractivity contribution is -0.119. The molecular weight excluding hydrogens is 323 g/mol. The number of carbonyl (C=O) groups is 1. The predicted molar refractivity (Wildman–Crippen MR) is 83.7 cm³/mol. The van der Waals surface area contributed by atoms with E-state index in [-0.39, 0.29) is 18.1 Å². The molecule has 0 aliphatic heterocycles. The number of hydrazone groups is 1. The van der Waals surface area contributed by atoms with Crippen molar-refractivity contribution in [3.8, 4) is 5.75 Å². The Morgan fingerprint density at radius 1 is 1.12 bits per heavy atom. The molecule has 1 amide bonds. The minimum atomic E-state index is -2.88. The number of hydrogen-bond acceptors (Lipinski definition) is 4. The molecule has 0 aliphatic rings. The summed E-state index contributed by atoms with van der Waals surface area (Å²) in [5.74, 6) is -0.720. The molecule has 0 bridgehead atoms. The van der Waals surface area contributed by atoms with Crippen molar-refractivity contribution < 1.29 is 22.7 Å². The minimum absolute atomic E-state index is 0.0367. The molecule has 0 atom stereocenters. The lowest BCUT2D eigenvalue weighted by Crippen LogP contribution is -2.25. The monoisotopic (exact) mass is 337 g/mol. The summed E-state index contributed by atoms with van der Waals surface area (Å²) in [4.78, 5) is 11.6. The zero-order valence-corrected chi connectivity index (χ0v) is 12.4. The second kappa shape index (κ2) is 8.56. The summed E-state index contributed by atoms with van der Waals surface area (Å²) in [6.45, 7) is -2.91. The van der Waals surface area contributed by atoms with E-state index in [1.54, 1.807) is 0 Å². The largest absolute Gasteiger partial charge is 0.435 e. The van der Waals surface area contributed by atoms with Crippen LogP contribution in [0.4, 0.5) is 18.9 Å². The van der Waals surface area contributed by atoms with Gasteiger partial charge in [0.25, 0.3) is 5.91 Å². The predicted octanol–water partition coefficient (Wildman–Crippen LogP) is 2.99. The number of carbonyl (C=O) groups excluding carboxylic acids is 1. The molecule has 0 saturated heterocycles. The second-order valence-electron chi connectivity index (χ2n) is 4.60. The van der Waals surface area contributed by atoms with Crippen LogP contribution in [0.15, 0.2) is 53.6 Å². The quantitative estimate of drug-likeness (QED) is 0.603. The van der Waals surface area contributed by atoms with Crippen LogP contribution in [0.1, 0.15) is 5.56 Å². The zero-order valence-electron chi connectivity index (χ0n) is 12.4. The Morgan fingerprint density at radius 2 is 1.79 bits per heavy atom. The first-order valence-electron chi connectivity index (χ1n) is 6.89. The van der Waals surface area contributed by atoms with Crippen LogP contribution in [0.3, 0.4) is 0 Å². The van der Waals surface area contributed by atoms with E-state index in [4.69, 9.17) is 0 Å². The van der Waals surface area contributed by atoms with Crippen molar-refractivity contribution in [3.05, 3.63) is 59.9 Å². The SMILES string of the molecule is O=C(CNc1ccc(F)cc1)N/N=C\c1ccc(OC(F)F)cc1. The van der Waals surface area contributed by atoms with Crippen molar-refractivity contribution in [3.63, 3.8) is 0 Å². The maximum absolute atomic E-state index is 12.7. The number of anilines is 1. The molecule has 8 heteroatoms. The van der Waals surface area contributed by atoms with Crippen molar-refractivity contribution in [2.75, 3.05) is 11.9 Å². The van der Waals surface area contributed by atoms with E-state index >= 15 is 0 Å². The molecule has 0 aliphatic carbocycles. The van der Waals surface area contributed by atoms with Crippen molar-refractivity contribution in [1.29, 1.82) is 0 Å². The first-order valence-corrected chi connectivity index (χ1v) is 6.89. The molecule has 0 heterocycles. The van der Waals surface area contributed by atoms with Crippen LogP contribution in [0.5, 0.6) is 5.75 Å². The second-order valence-corrected chi connectivity index (χ2v) is 4.60. The number of benzene rings is 2. The van der Waals surface area contributed by atoms with Crippen LogP contribution in [0.25, 0.3) is 0 Å². The van der Waals surface area contributed by atoms with Crippen molar-refractivity contribution in [2.45, 2.75) is 6.61 Å². The summed E-state index contributed by atoms with van der Waals surface area (Å²) in [6, 6.07) is 11.3. The molecule has 2 aromatic rings. The first-order chi connectivity index (χ1) is 11.5. The topological polar surface area (TPSA) is 62.7 Å². The van der Waals surface area contributed by atoms with E-state index in [2.05, 4.69) is 20.6 Å². The van der Waals surface area contributed by atoms with Crippen LogP contribution < -0.4 is 15.5 Å². The number of hydrogen-bond donors (Lipinski definition) is 2. The van der Waals surface area contributed by atoms with Crippen molar-refractivity contribution in [1.82, 2.24) is 5.43 Å². The minimum Gasteiger partial charge on any atom is -0.435 e. The third-order valence-electron chi connectivity index (χ3n) is 2.81. The molecular formula is C16H14F3N3O2. The van der Waals surface area contributed by atoms with Gasteiger partial charge in [-0.2, -0.15) is 13.9 Å². The van der Waals surface area contributed by atoms with Crippen molar-refractivity contribution in [2.24, 2.45) is 5.10 Å². The summed E-state index contributed by atoms with van der Waals surface area (Å²) >= 11 is 0. The van der Waals surface area contributed by atoms with Crippen LogP contribution in [0, 0.1) is 5.82 Å². The van der Waals surface area contributed by atoms with E-state index in [1.165, 1.54) is 54.7 Å². The Balaban J connectivity index is 1.76. The average molecular weight is 337 g/mol. The maximum atomic E-state index is 12.7. The van der Waals surface area contributed by atoms with Gasteiger partial charge in [-0.1, -0.05) is 0 Å². The molecule has 0 aromatic heterocycles. The number of rotatable bonds is 7. The van der Waals surface area contributed by atoms with Crippen LogP contribution in [-0.4, -0.2) is 25.3 Å². The standard InChI is InChI=1S/C16H14F3N3O2/c17-12-3-5-13(6-4-12)20-10-15(23)22-21-9-11-1-7-14(8-2-11)24-16(18)19/h1-9,16,20H,10H2,(H,22,23)/b21-9-. The third kappa shape index (κ3) is 5.99. The highest BCUT2D eigenvalue weighted by atomic mass is 19.3. The van der Waals surface area contributed by atoms with Gasteiger partial charge in [-0.05, 0) is 54.1 Å². The van der Waals surface area contributed by atoms with Gasteiger partial charge < -0.3 is 10.1 Å². The van der Waals surface area contributed by atoms with E-state index in [0.717, 1.165) is 0 Å². The highest BCUT2D eigenvalue weighted by Gasteiger charge is 2.03. The number of amides is 1. The summed E-state index contributed by atoms with van der Waals surface area (Å²) in [5, 5.41) is 6.55. The van der Waals surface area contributed by atoms with Gasteiger partial charge in [-0.15, -0.1) is 0 Å². The molecule has 0 fully saturated rings. The van der Waals surface area contributed by atoms with E-state index in [0.29, 0.717) is 11.3 Å². The maximum Gasteiger partial charge on any atom is 0.387 e. The molecule has 0 saturated carbocycles. The van der Waals surface area contributed by atoms with E-state index < -0.39 is 12.5 Å². The van der Waals surface area contributed by atoms with Gasteiger partial charge in [0.15, 0.2) is 0 Å². The molecule has 126 valence electrons. The van der Waals surface area contributed by atoms with Gasteiger partial charge in [0, 0.05) is 5.69 Å². The number of alkyl halides is 2. The fourth-order valence-corrected chi connectivity index (χ4v) is 1.70. The molecule has 2 aromatic carbocycles. The van der Waals surface area contributed by atoms with Gasteiger partial charge in [0.05, 0.1) is 12.8 Å². The molecule has 5 nitrogen and oxygen atoms in total. The highest BCUT2D eigenvalue weighted by molar-refractivity contribution is 5.84. The van der Waals surface area contributed by atoms with Gasteiger partial charge in [-0.25, -0.2) is 9.82 Å². The van der Waals surface area contributed by atoms with Crippen LogP contribution >= 0.6 is 0 Å². The number of halogens is 3. The molecule has 0 spiro atoms. The number of ether oxygens (including phenoxy) is 1. The lowest BCUT2D eigenvalue weighted by Gasteiger charge is -2.05. The average Bonchev–Trinajstić information content (AvgIpc) is 2.55. The fraction of sp³-hybridized carbons (Fsp3) is 0.125. The molecule has 2 rings (SSSR count). The Labute approximate surface area is 136 Å². The Bertz CT molecular complexity index is 689. The van der Waals surface area contributed by atoms with Gasteiger partial charge >= 0.3 is 6.61 Å². The summed E-state index contributed by atoms with van der Waals surface area (Å²) in [6.07, 6.45) is 1.36. The summed E-state index contributed by atoms with van der Waals surface area (Å²) in [5.41, 5.74) is 3.50. The Hall–Kier alpha value is -3.03. The normalized spacial score (nSPS) is 10.8. The van der Waals surface area contributed by atoms with Gasteiger partial charge in [0.2, 0.25) is 0 Å². The van der Waals surface area contributed by atoms with E-state index in [9.17, 15) is 18.0 Å². The molecule has 24 heavy (non-hydrogen) atoms.